The van der Waals surface area contributed by atoms with Crippen LogP contribution in [0.4, 0.5) is 5.69 Å². The summed E-state index contributed by atoms with van der Waals surface area (Å²) < 4.78 is 0. The normalized spacial score (nSPS) is 12.7. The van der Waals surface area contributed by atoms with Gasteiger partial charge in [-0.25, -0.2) is 0 Å². The Morgan fingerprint density at radius 1 is 1.44 bits per heavy atom. The van der Waals surface area contributed by atoms with Crippen molar-refractivity contribution in [1.29, 1.82) is 0 Å². The summed E-state index contributed by atoms with van der Waals surface area (Å²) >= 11 is 0. The van der Waals surface area contributed by atoms with Crippen LogP contribution < -0.4 is 5.32 Å². The van der Waals surface area contributed by atoms with Gasteiger partial charge in [0.05, 0.1) is 0 Å². The minimum Gasteiger partial charge on any atom is -0.480 e. The molecule has 0 fully saturated rings. The number of carbonyl (C=O) groups is 2. The van der Waals surface area contributed by atoms with Crippen LogP contribution in [0.1, 0.15) is 22.8 Å². The Bertz CT molecular complexity index is 485. The summed E-state index contributed by atoms with van der Waals surface area (Å²) in [5.41, 5.74) is 2.74. The molecule has 5 nitrogen and oxygen atoms in total. The second-order valence-electron chi connectivity index (χ2n) is 4.26. The number of amides is 1. The Labute approximate surface area is 105 Å². The van der Waals surface area contributed by atoms with Crippen LogP contribution in [0.5, 0.6) is 0 Å². The molecular formula is C13H16N2O3. The number of carboxylic acid groups (broad SMARTS) is 1. The Kier molecular flexibility index (Phi) is 3.50. The third-order valence-corrected chi connectivity index (χ3v) is 3.06. The number of nitrogens with one attached hydrogen (secondary N) is 1. The van der Waals surface area contributed by atoms with E-state index in [1.807, 2.05) is 12.1 Å². The molecule has 1 amide bonds. The number of carbonyl (C=O) groups excluding carboxylic acids is 1. The molecule has 1 heterocycles. The standard InChI is InChI=1S/C13H16N2O3/c1-2-15(8-12(16)17)13(18)10-3-4-11-9(7-10)5-6-14-11/h3-4,7,14H,2,5-6,8H2,1H3,(H,16,17). The number of rotatable bonds is 4. The molecule has 0 bridgehead atoms. The van der Waals surface area contributed by atoms with Gasteiger partial charge in [0.15, 0.2) is 0 Å². The predicted molar refractivity (Wildman–Crippen MR) is 67.8 cm³/mol. The van der Waals surface area contributed by atoms with E-state index in [1.165, 1.54) is 4.90 Å². The predicted octanol–water partition coefficient (Wildman–Crippen LogP) is 1.20. The van der Waals surface area contributed by atoms with Crippen molar-refractivity contribution >= 4 is 17.6 Å². The minimum absolute atomic E-state index is 0.227. The lowest BCUT2D eigenvalue weighted by Gasteiger charge is -2.18. The summed E-state index contributed by atoms with van der Waals surface area (Å²) in [4.78, 5) is 24.2. The summed E-state index contributed by atoms with van der Waals surface area (Å²) in [7, 11) is 0. The summed E-state index contributed by atoms with van der Waals surface area (Å²) in [5.74, 6) is -1.22. The van der Waals surface area contributed by atoms with Crippen LogP contribution in [0, 0.1) is 0 Å². The van der Waals surface area contributed by atoms with Gasteiger partial charge in [-0.3, -0.25) is 9.59 Å². The number of aliphatic carboxylic acids is 1. The topological polar surface area (TPSA) is 69.6 Å². The number of benzene rings is 1. The molecule has 1 aliphatic rings. The molecule has 5 heteroatoms. The average molecular weight is 248 g/mol. The second kappa shape index (κ2) is 5.08. The van der Waals surface area contributed by atoms with Gasteiger partial charge in [0.2, 0.25) is 0 Å². The molecule has 0 saturated carbocycles. The highest BCUT2D eigenvalue weighted by atomic mass is 16.4. The van der Waals surface area contributed by atoms with Gasteiger partial charge >= 0.3 is 5.97 Å². The van der Waals surface area contributed by atoms with Gasteiger partial charge in [0, 0.05) is 24.3 Å². The maximum atomic E-state index is 12.2. The van der Waals surface area contributed by atoms with Crippen LogP contribution in [0.3, 0.4) is 0 Å². The zero-order valence-electron chi connectivity index (χ0n) is 10.3. The van der Waals surface area contributed by atoms with Crippen LogP contribution in [0.2, 0.25) is 0 Å². The zero-order chi connectivity index (χ0) is 13.1. The lowest BCUT2D eigenvalue weighted by Crippen LogP contribution is -2.35. The van der Waals surface area contributed by atoms with Gasteiger partial charge in [-0.05, 0) is 37.1 Å². The lowest BCUT2D eigenvalue weighted by atomic mass is 10.1. The second-order valence-corrected chi connectivity index (χ2v) is 4.26. The number of hydrogen-bond acceptors (Lipinski definition) is 3. The molecule has 1 aliphatic heterocycles. The van der Waals surface area contributed by atoms with Crippen molar-refractivity contribution in [2.45, 2.75) is 13.3 Å². The van der Waals surface area contributed by atoms with Crippen molar-refractivity contribution in [3.05, 3.63) is 29.3 Å². The third-order valence-electron chi connectivity index (χ3n) is 3.06. The highest BCUT2D eigenvalue weighted by Crippen LogP contribution is 2.23. The van der Waals surface area contributed by atoms with Gasteiger partial charge in [0.25, 0.3) is 5.91 Å². The van der Waals surface area contributed by atoms with Gasteiger partial charge in [0.1, 0.15) is 6.54 Å². The maximum absolute atomic E-state index is 12.2. The van der Waals surface area contributed by atoms with Crippen molar-refractivity contribution in [3.63, 3.8) is 0 Å². The smallest absolute Gasteiger partial charge is 0.323 e. The van der Waals surface area contributed by atoms with Crippen molar-refractivity contribution in [3.8, 4) is 0 Å². The third kappa shape index (κ3) is 2.45. The first-order valence-corrected chi connectivity index (χ1v) is 5.99. The van der Waals surface area contributed by atoms with E-state index in [2.05, 4.69) is 5.32 Å². The van der Waals surface area contributed by atoms with E-state index in [1.54, 1.807) is 13.0 Å². The van der Waals surface area contributed by atoms with Crippen molar-refractivity contribution in [2.75, 3.05) is 25.0 Å². The van der Waals surface area contributed by atoms with Gasteiger partial charge in [-0.2, -0.15) is 0 Å². The summed E-state index contributed by atoms with van der Waals surface area (Å²) in [6.07, 6.45) is 0.904. The fourth-order valence-electron chi connectivity index (χ4n) is 2.11. The Balaban J connectivity index is 2.19. The average Bonchev–Trinajstić information content (AvgIpc) is 2.81. The van der Waals surface area contributed by atoms with E-state index < -0.39 is 5.97 Å². The van der Waals surface area contributed by atoms with Gasteiger partial charge in [-0.1, -0.05) is 0 Å². The number of nitrogens with zero attached hydrogens (tertiary/aromatic N) is 1. The first-order chi connectivity index (χ1) is 8.61. The van der Waals surface area contributed by atoms with Crippen LogP contribution in [-0.4, -0.2) is 41.5 Å². The first-order valence-electron chi connectivity index (χ1n) is 5.99. The summed E-state index contributed by atoms with van der Waals surface area (Å²) in [5, 5.41) is 12.0. The molecule has 0 aliphatic carbocycles. The molecule has 2 N–H and O–H groups in total. The van der Waals surface area contributed by atoms with Crippen molar-refractivity contribution < 1.29 is 14.7 Å². The van der Waals surface area contributed by atoms with Crippen molar-refractivity contribution in [2.24, 2.45) is 0 Å². The molecule has 0 atom stereocenters. The quantitative estimate of drug-likeness (QED) is 0.840. The number of hydrogen-bond donors (Lipinski definition) is 2. The lowest BCUT2D eigenvalue weighted by molar-refractivity contribution is -0.137. The van der Waals surface area contributed by atoms with E-state index in [9.17, 15) is 9.59 Å². The monoisotopic (exact) mass is 248 g/mol. The molecule has 0 aromatic heterocycles. The molecule has 2 rings (SSSR count). The molecule has 0 radical (unpaired) electrons. The van der Waals surface area contributed by atoms with E-state index in [0.717, 1.165) is 24.2 Å². The van der Waals surface area contributed by atoms with E-state index in [0.29, 0.717) is 12.1 Å². The molecule has 0 spiro atoms. The molecule has 0 unspecified atom stereocenters. The Morgan fingerprint density at radius 3 is 2.89 bits per heavy atom. The highest BCUT2D eigenvalue weighted by molar-refractivity contribution is 5.96. The number of fused-ring (bicyclic) bond motifs is 1. The molecule has 18 heavy (non-hydrogen) atoms. The molecular weight excluding hydrogens is 232 g/mol. The van der Waals surface area contributed by atoms with Crippen LogP contribution in [0.25, 0.3) is 0 Å². The molecule has 96 valence electrons. The highest BCUT2D eigenvalue weighted by Gasteiger charge is 2.19. The minimum atomic E-state index is -0.993. The zero-order valence-corrected chi connectivity index (χ0v) is 10.3. The molecule has 1 aromatic carbocycles. The fourth-order valence-corrected chi connectivity index (χ4v) is 2.11. The van der Waals surface area contributed by atoms with Crippen molar-refractivity contribution in [1.82, 2.24) is 4.90 Å². The number of carboxylic acids is 1. The maximum Gasteiger partial charge on any atom is 0.323 e. The number of likely N-dealkylation sites (N-methyl/N-ethyl adjacent to an activating group) is 1. The van der Waals surface area contributed by atoms with Crippen LogP contribution in [0.15, 0.2) is 18.2 Å². The van der Waals surface area contributed by atoms with Crippen LogP contribution in [-0.2, 0) is 11.2 Å². The van der Waals surface area contributed by atoms with Gasteiger partial charge < -0.3 is 15.3 Å². The molecule has 0 saturated heterocycles. The van der Waals surface area contributed by atoms with E-state index in [-0.39, 0.29) is 12.5 Å². The Hall–Kier alpha value is -2.04. The largest absolute Gasteiger partial charge is 0.480 e. The van der Waals surface area contributed by atoms with Gasteiger partial charge in [-0.15, -0.1) is 0 Å². The Morgan fingerprint density at radius 2 is 2.22 bits per heavy atom. The van der Waals surface area contributed by atoms with E-state index in [4.69, 9.17) is 5.11 Å². The number of anilines is 1. The molecule has 1 aromatic rings. The SMILES string of the molecule is CCN(CC(=O)O)C(=O)c1ccc2c(c1)CCN2. The summed E-state index contributed by atoms with van der Waals surface area (Å²) in [6.45, 7) is 2.79. The van der Waals surface area contributed by atoms with Crippen LogP contribution >= 0.6 is 0 Å². The van der Waals surface area contributed by atoms with E-state index >= 15 is 0 Å². The fraction of sp³-hybridized carbons (Fsp3) is 0.385. The first kappa shape index (κ1) is 12.4. The summed E-state index contributed by atoms with van der Waals surface area (Å²) in [6, 6.07) is 5.47.